The van der Waals surface area contributed by atoms with Crippen LogP contribution in [0.15, 0.2) is 66.7 Å². The number of nitrogens with two attached hydrogens (primary N) is 1. The molecule has 3 rings (SSSR count). The predicted octanol–water partition coefficient (Wildman–Crippen LogP) is 4.47. The fourth-order valence-corrected chi connectivity index (χ4v) is 3.48. The van der Waals surface area contributed by atoms with Crippen molar-refractivity contribution in [3.05, 3.63) is 82.7 Å². The Morgan fingerprint density at radius 3 is 2.50 bits per heavy atom. The van der Waals surface area contributed by atoms with E-state index in [1.54, 1.807) is 42.5 Å². The Balaban J connectivity index is 1.66. The van der Waals surface area contributed by atoms with E-state index in [2.05, 4.69) is 17.4 Å². The molecule has 0 atom stereocenters. The molecule has 26 heavy (non-hydrogen) atoms. The molecule has 130 valence electrons. The van der Waals surface area contributed by atoms with Crippen molar-refractivity contribution in [1.29, 1.82) is 0 Å². The van der Waals surface area contributed by atoms with Gasteiger partial charge in [0.1, 0.15) is 0 Å². The number of primary amides is 1. The first-order chi connectivity index (χ1) is 12.5. The van der Waals surface area contributed by atoms with Crippen LogP contribution in [0, 0.1) is 6.92 Å². The van der Waals surface area contributed by atoms with E-state index in [1.165, 1.54) is 6.08 Å². The lowest BCUT2D eigenvalue weighted by Gasteiger charge is -2.06. The van der Waals surface area contributed by atoms with E-state index in [4.69, 9.17) is 5.73 Å². The fourth-order valence-electron chi connectivity index (χ4n) is 2.56. The van der Waals surface area contributed by atoms with Gasteiger partial charge < -0.3 is 11.1 Å². The van der Waals surface area contributed by atoms with Gasteiger partial charge in [0.15, 0.2) is 0 Å². The van der Waals surface area contributed by atoms with Crippen molar-refractivity contribution >= 4 is 34.9 Å². The molecule has 2 aromatic carbocycles. The van der Waals surface area contributed by atoms with Gasteiger partial charge in [0.2, 0.25) is 11.8 Å². The topological polar surface area (TPSA) is 72.2 Å². The Hall–Kier alpha value is -3.18. The van der Waals surface area contributed by atoms with Gasteiger partial charge in [-0.1, -0.05) is 30.3 Å². The zero-order valence-corrected chi connectivity index (χ0v) is 15.0. The molecular formula is C21H18N2O2S. The van der Waals surface area contributed by atoms with Crippen molar-refractivity contribution < 1.29 is 9.59 Å². The number of benzene rings is 2. The van der Waals surface area contributed by atoms with Gasteiger partial charge in [-0.05, 0) is 54.5 Å². The zero-order valence-electron chi connectivity index (χ0n) is 14.2. The number of rotatable bonds is 5. The average molecular weight is 362 g/mol. The van der Waals surface area contributed by atoms with Gasteiger partial charge in [0, 0.05) is 27.1 Å². The standard InChI is InChI=1S/C21H18N2O2S/c1-14-13-16(7-10-18(14)21(22)25)23-20(24)12-9-17-8-11-19(26-17)15-5-3-2-4-6-15/h2-13H,1H3,(H2,22,25)(H,23,24)/b12-9+. The Labute approximate surface area is 156 Å². The van der Waals surface area contributed by atoms with E-state index in [9.17, 15) is 9.59 Å². The second kappa shape index (κ2) is 7.80. The summed E-state index contributed by atoms with van der Waals surface area (Å²) in [5.74, 6) is -0.710. The fraction of sp³-hybridized carbons (Fsp3) is 0.0476. The summed E-state index contributed by atoms with van der Waals surface area (Å²) in [4.78, 5) is 25.5. The largest absolute Gasteiger partial charge is 0.366 e. The van der Waals surface area contributed by atoms with Gasteiger partial charge >= 0.3 is 0 Å². The predicted molar refractivity (Wildman–Crippen MR) is 107 cm³/mol. The third-order valence-electron chi connectivity index (χ3n) is 3.84. The lowest BCUT2D eigenvalue weighted by atomic mass is 10.1. The number of carbonyl (C=O) groups excluding carboxylic acids is 2. The molecule has 0 spiro atoms. The van der Waals surface area contributed by atoms with Crippen molar-refractivity contribution in [3.63, 3.8) is 0 Å². The summed E-state index contributed by atoms with van der Waals surface area (Å²) in [6, 6.07) is 19.2. The van der Waals surface area contributed by atoms with Gasteiger partial charge in [-0.25, -0.2) is 0 Å². The Morgan fingerprint density at radius 1 is 1.04 bits per heavy atom. The van der Waals surface area contributed by atoms with Crippen LogP contribution in [0.25, 0.3) is 16.5 Å². The smallest absolute Gasteiger partial charge is 0.248 e. The van der Waals surface area contributed by atoms with Crippen molar-refractivity contribution in [2.75, 3.05) is 5.32 Å². The maximum Gasteiger partial charge on any atom is 0.248 e. The van der Waals surface area contributed by atoms with Gasteiger partial charge in [0.25, 0.3) is 0 Å². The van der Waals surface area contributed by atoms with Crippen LogP contribution in [-0.4, -0.2) is 11.8 Å². The molecule has 0 radical (unpaired) electrons. The van der Waals surface area contributed by atoms with Crippen molar-refractivity contribution in [2.45, 2.75) is 6.92 Å². The van der Waals surface area contributed by atoms with Crippen LogP contribution in [-0.2, 0) is 4.79 Å². The number of hydrogen-bond donors (Lipinski definition) is 2. The van der Waals surface area contributed by atoms with E-state index >= 15 is 0 Å². The summed E-state index contributed by atoms with van der Waals surface area (Å²) in [5.41, 5.74) is 8.24. The molecule has 1 heterocycles. The Bertz CT molecular complexity index is 975. The SMILES string of the molecule is Cc1cc(NC(=O)/C=C/c2ccc(-c3ccccc3)s2)ccc1C(N)=O. The monoisotopic (exact) mass is 362 g/mol. The van der Waals surface area contributed by atoms with E-state index in [1.807, 2.05) is 30.3 Å². The summed E-state index contributed by atoms with van der Waals surface area (Å²) >= 11 is 1.62. The molecule has 0 aliphatic rings. The van der Waals surface area contributed by atoms with Crippen LogP contribution in [0.4, 0.5) is 5.69 Å². The molecule has 3 N–H and O–H groups in total. The Kier molecular flexibility index (Phi) is 5.29. The van der Waals surface area contributed by atoms with E-state index < -0.39 is 5.91 Å². The van der Waals surface area contributed by atoms with Crippen molar-refractivity contribution in [3.8, 4) is 10.4 Å². The molecule has 0 aliphatic carbocycles. The number of hydrogen-bond acceptors (Lipinski definition) is 3. The van der Waals surface area contributed by atoms with Crippen LogP contribution in [0.2, 0.25) is 0 Å². The molecule has 5 heteroatoms. The minimum Gasteiger partial charge on any atom is -0.366 e. The zero-order chi connectivity index (χ0) is 18.5. The van der Waals surface area contributed by atoms with Crippen molar-refractivity contribution in [1.82, 2.24) is 0 Å². The molecule has 4 nitrogen and oxygen atoms in total. The first-order valence-corrected chi connectivity index (χ1v) is 8.89. The molecule has 1 aromatic heterocycles. The third kappa shape index (κ3) is 4.26. The second-order valence-corrected chi connectivity index (χ2v) is 6.90. The summed E-state index contributed by atoms with van der Waals surface area (Å²) in [6.45, 7) is 1.78. The van der Waals surface area contributed by atoms with Gasteiger partial charge in [0.05, 0.1) is 0 Å². The van der Waals surface area contributed by atoms with E-state index in [0.717, 1.165) is 20.9 Å². The molecule has 0 saturated carbocycles. The maximum absolute atomic E-state index is 12.1. The summed E-state index contributed by atoms with van der Waals surface area (Å²) < 4.78 is 0. The van der Waals surface area contributed by atoms with Gasteiger partial charge in [-0.2, -0.15) is 0 Å². The summed E-state index contributed by atoms with van der Waals surface area (Å²) in [7, 11) is 0. The van der Waals surface area contributed by atoms with E-state index in [0.29, 0.717) is 11.3 Å². The van der Waals surface area contributed by atoms with Crippen LogP contribution in [0.1, 0.15) is 20.8 Å². The lowest BCUT2D eigenvalue weighted by Crippen LogP contribution is -2.13. The molecule has 2 amide bonds. The van der Waals surface area contributed by atoms with Crippen LogP contribution in [0.5, 0.6) is 0 Å². The molecular weight excluding hydrogens is 344 g/mol. The number of anilines is 1. The molecule has 0 unspecified atom stereocenters. The van der Waals surface area contributed by atoms with Crippen LogP contribution < -0.4 is 11.1 Å². The van der Waals surface area contributed by atoms with Gasteiger partial charge in [-0.15, -0.1) is 11.3 Å². The maximum atomic E-state index is 12.1. The number of thiophene rings is 1. The number of amides is 2. The number of nitrogens with one attached hydrogen (secondary N) is 1. The Morgan fingerprint density at radius 2 is 1.81 bits per heavy atom. The first-order valence-electron chi connectivity index (χ1n) is 8.08. The van der Waals surface area contributed by atoms with Crippen LogP contribution >= 0.6 is 11.3 Å². The normalized spacial score (nSPS) is 10.8. The van der Waals surface area contributed by atoms with Crippen LogP contribution in [0.3, 0.4) is 0 Å². The third-order valence-corrected chi connectivity index (χ3v) is 4.94. The van der Waals surface area contributed by atoms with Crippen molar-refractivity contribution in [2.24, 2.45) is 5.73 Å². The minimum absolute atomic E-state index is 0.231. The summed E-state index contributed by atoms with van der Waals surface area (Å²) in [5, 5.41) is 2.78. The lowest BCUT2D eigenvalue weighted by molar-refractivity contribution is -0.111. The molecule has 3 aromatic rings. The molecule has 0 bridgehead atoms. The highest BCUT2D eigenvalue weighted by Gasteiger charge is 2.06. The first kappa shape index (κ1) is 17.6. The highest BCUT2D eigenvalue weighted by molar-refractivity contribution is 7.16. The number of aryl methyl sites for hydroxylation is 1. The number of carbonyl (C=O) groups is 2. The quantitative estimate of drug-likeness (QED) is 0.657. The molecule has 0 aliphatic heterocycles. The second-order valence-electron chi connectivity index (χ2n) is 5.78. The van der Waals surface area contributed by atoms with E-state index in [-0.39, 0.29) is 5.91 Å². The van der Waals surface area contributed by atoms with Gasteiger partial charge in [-0.3, -0.25) is 9.59 Å². The minimum atomic E-state index is -0.479. The average Bonchev–Trinajstić information content (AvgIpc) is 3.09. The highest BCUT2D eigenvalue weighted by Crippen LogP contribution is 2.28. The highest BCUT2D eigenvalue weighted by atomic mass is 32.1. The molecule has 0 fully saturated rings. The molecule has 0 saturated heterocycles. The summed E-state index contributed by atoms with van der Waals surface area (Å²) in [6.07, 6.45) is 3.29.